The van der Waals surface area contributed by atoms with Gasteiger partial charge >= 0.3 is 0 Å². The Hall–Kier alpha value is -0.930. The number of tetrazole rings is 1. The van der Waals surface area contributed by atoms with Crippen LogP contribution in [-0.2, 0) is 0 Å². The van der Waals surface area contributed by atoms with Gasteiger partial charge in [-0.15, -0.1) is 5.10 Å². The summed E-state index contributed by atoms with van der Waals surface area (Å²) in [7, 11) is 3.46. The summed E-state index contributed by atoms with van der Waals surface area (Å²) >= 11 is 0. The van der Waals surface area contributed by atoms with Crippen LogP contribution < -0.4 is 0 Å². The van der Waals surface area contributed by atoms with Crippen LogP contribution in [0, 0.1) is 14.0 Å². The molecule has 0 saturated carbocycles. The highest BCUT2D eigenvalue weighted by Crippen LogP contribution is 1.79. The molecule has 0 aromatic carbocycles. The molecule has 0 bridgehead atoms. The molecule has 0 aliphatic carbocycles. The van der Waals surface area contributed by atoms with Gasteiger partial charge in [-0.05, 0) is 17.4 Å². The quantitative estimate of drug-likeness (QED) is 0.443. The molecule has 0 amide bonds. The van der Waals surface area contributed by atoms with E-state index in [4.69, 9.17) is 0 Å². The van der Waals surface area contributed by atoms with Crippen molar-refractivity contribution in [1.29, 1.82) is 0 Å². The van der Waals surface area contributed by atoms with Gasteiger partial charge in [-0.25, -0.2) is 4.68 Å². The molecule has 4 heteroatoms. The lowest BCUT2D eigenvalue weighted by molar-refractivity contribution is 0.775. The molecule has 37 valence electrons. The molecule has 0 saturated heterocycles. The fourth-order valence-corrected chi connectivity index (χ4v) is 0.249. The molecule has 1 rings (SSSR count). The summed E-state index contributed by atoms with van der Waals surface area (Å²) in [6.45, 7) is 1.78. The van der Waals surface area contributed by atoms with Crippen LogP contribution in [-0.4, -0.2) is 20.2 Å². The van der Waals surface area contributed by atoms with Crippen LogP contribution in [0.1, 0.15) is 5.82 Å². The molecule has 1 aromatic heterocycles. The summed E-state index contributed by atoms with van der Waals surface area (Å²) in [6.07, 6.45) is 0. The molecular formula is C3H5N4. The minimum atomic E-state index is 0.722. The van der Waals surface area contributed by atoms with Crippen molar-refractivity contribution in [3.05, 3.63) is 12.9 Å². The second-order valence-corrected chi connectivity index (χ2v) is 1.23. The van der Waals surface area contributed by atoms with Gasteiger partial charge in [-0.3, -0.25) is 0 Å². The van der Waals surface area contributed by atoms with Crippen molar-refractivity contribution < 1.29 is 0 Å². The zero-order chi connectivity index (χ0) is 5.28. The lowest BCUT2D eigenvalue weighted by Crippen LogP contribution is -1.89. The Balaban J connectivity index is 3.12. The normalized spacial score (nSPS) is 9.43. The van der Waals surface area contributed by atoms with E-state index in [0.717, 1.165) is 5.82 Å². The monoisotopic (exact) mass is 97.1 g/mol. The van der Waals surface area contributed by atoms with E-state index in [9.17, 15) is 0 Å². The number of aryl methyl sites for hydroxylation is 1. The number of rotatable bonds is 0. The maximum atomic E-state index is 3.56. The molecule has 7 heavy (non-hydrogen) atoms. The predicted octanol–water partition coefficient (Wildman–Crippen LogP) is -0.379. The molecule has 0 aliphatic heterocycles. The number of aromatic nitrogens is 4. The first-order valence-electron chi connectivity index (χ1n) is 1.86. The third kappa shape index (κ3) is 0.581. The average molecular weight is 97.1 g/mol. The summed E-state index contributed by atoms with van der Waals surface area (Å²) in [6, 6.07) is 0. The van der Waals surface area contributed by atoms with Crippen molar-refractivity contribution in [2.24, 2.45) is 0 Å². The van der Waals surface area contributed by atoms with Gasteiger partial charge in [0.05, 0.1) is 7.05 Å². The highest BCUT2D eigenvalue weighted by atomic mass is 15.5. The van der Waals surface area contributed by atoms with Gasteiger partial charge in [0.2, 0.25) is 0 Å². The Morgan fingerprint density at radius 1 is 1.71 bits per heavy atom. The first-order chi connectivity index (χ1) is 3.30. The molecule has 1 heterocycles. The Kier molecular flexibility index (Phi) is 0.780. The maximum Gasteiger partial charge on any atom is 0.148 e. The zero-order valence-electron chi connectivity index (χ0n) is 4.00. The van der Waals surface area contributed by atoms with E-state index in [0.29, 0.717) is 0 Å². The molecule has 0 spiro atoms. The van der Waals surface area contributed by atoms with Gasteiger partial charge in [0.15, 0.2) is 0 Å². The summed E-state index contributed by atoms with van der Waals surface area (Å²) in [4.78, 5) is 0. The lowest BCUT2D eigenvalue weighted by atomic mass is 10.7. The molecule has 0 unspecified atom stereocenters. The van der Waals surface area contributed by atoms with Crippen LogP contribution in [0.4, 0.5) is 0 Å². The van der Waals surface area contributed by atoms with Gasteiger partial charge in [-0.2, -0.15) is 0 Å². The number of hydrogen-bond acceptors (Lipinski definition) is 3. The van der Waals surface area contributed by atoms with Gasteiger partial charge in [0, 0.05) is 0 Å². The van der Waals surface area contributed by atoms with E-state index in [1.807, 2.05) is 0 Å². The summed E-state index contributed by atoms with van der Waals surface area (Å²) < 4.78 is 1.36. The molecule has 1 radical (unpaired) electrons. The first-order valence-corrected chi connectivity index (χ1v) is 1.86. The van der Waals surface area contributed by atoms with Crippen LogP contribution in [0.15, 0.2) is 0 Å². The summed E-state index contributed by atoms with van der Waals surface area (Å²) in [5.74, 6) is 0.722. The second kappa shape index (κ2) is 1.29. The second-order valence-electron chi connectivity index (χ2n) is 1.23. The Morgan fingerprint density at radius 2 is 2.43 bits per heavy atom. The van der Waals surface area contributed by atoms with Crippen molar-refractivity contribution >= 4 is 0 Å². The topological polar surface area (TPSA) is 43.6 Å². The standard InChI is InChI=1S/C3H5N4/c1-3-4-5-6-7(3)2/h2H2,1H3. The van der Waals surface area contributed by atoms with Crippen LogP contribution in [0.2, 0.25) is 0 Å². The highest BCUT2D eigenvalue weighted by Gasteiger charge is 1.87. The minimum absolute atomic E-state index is 0.722. The maximum absolute atomic E-state index is 3.56. The van der Waals surface area contributed by atoms with Gasteiger partial charge in [-0.1, -0.05) is 0 Å². The molecule has 0 fully saturated rings. The third-order valence-corrected chi connectivity index (χ3v) is 0.711. The Morgan fingerprint density at radius 3 is 2.57 bits per heavy atom. The SMILES string of the molecule is [CH2]n1nnnc1C. The minimum Gasteiger partial charge on any atom is -0.228 e. The number of nitrogens with zero attached hydrogens (tertiary/aromatic N) is 4. The molecule has 0 atom stereocenters. The van der Waals surface area contributed by atoms with E-state index in [2.05, 4.69) is 22.6 Å². The van der Waals surface area contributed by atoms with E-state index in [1.165, 1.54) is 4.68 Å². The largest absolute Gasteiger partial charge is 0.228 e. The van der Waals surface area contributed by atoms with E-state index < -0.39 is 0 Å². The summed E-state index contributed by atoms with van der Waals surface area (Å²) in [5.41, 5.74) is 0. The van der Waals surface area contributed by atoms with Crippen LogP contribution in [0.3, 0.4) is 0 Å². The lowest BCUT2D eigenvalue weighted by Gasteiger charge is -1.81. The van der Waals surface area contributed by atoms with E-state index >= 15 is 0 Å². The highest BCUT2D eigenvalue weighted by molar-refractivity contribution is 4.72. The molecule has 0 aliphatic rings. The van der Waals surface area contributed by atoms with Crippen molar-refractivity contribution in [2.75, 3.05) is 0 Å². The number of hydrogen-bond donors (Lipinski definition) is 0. The van der Waals surface area contributed by atoms with Gasteiger partial charge in [0.25, 0.3) is 0 Å². The summed E-state index contributed by atoms with van der Waals surface area (Å²) in [5, 5.41) is 10.3. The first kappa shape index (κ1) is 4.23. The molecule has 1 aromatic rings. The van der Waals surface area contributed by atoms with Crippen molar-refractivity contribution in [3.63, 3.8) is 0 Å². The molecule has 4 nitrogen and oxygen atoms in total. The van der Waals surface area contributed by atoms with Crippen molar-refractivity contribution in [3.8, 4) is 0 Å². The smallest absolute Gasteiger partial charge is 0.148 e. The Bertz CT molecular complexity index is 139. The molecular weight excluding hydrogens is 92.1 g/mol. The van der Waals surface area contributed by atoms with Crippen molar-refractivity contribution in [2.45, 2.75) is 6.92 Å². The Labute approximate surface area is 41.1 Å². The van der Waals surface area contributed by atoms with Crippen LogP contribution in [0.25, 0.3) is 0 Å². The van der Waals surface area contributed by atoms with Gasteiger partial charge in [0.1, 0.15) is 5.82 Å². The fourth-order valence-electron chi connectivity index (χ4n) is 0.249. The zero-order valence-corrected chi connectivity index (χ0v) is 4.00. The van der Waals surface area contributed by atoms with Crippen LogP contribution >= 0.6 is 0 Å². The van der Waals surface area contributed by atoms with Crippen LogP contribution in [0.5, 0.6) is 0 Å². The van der Waals surface area contributed by atoms with Crippen molar-refractivity contribution in [1.82, 2.24) is 20.2 Å². The van der Waals surface area contributed by atoms with E-state index in [-0.39, 0.29) is 0 Å². The van der Waals surface area contributed by atoms with E-state index in [1.54, 1.807) is 6.92 Å². The third-order valence-electron chi connectivity index (χ3n) is 0.711. The predicted molar refractivity (Wildman–Crippen MR) is 23.3 cm³/mol. The average Bonchev–Trinajstić information content (AvgIpc) is 1.91. The molecule has 0 N–H and O–H groups in total. The van der Waals surface area contributed by atoms with Gasteiger partial charge < -0.3 is 0 Å². The fraction of sp³-hybridized carbons (Fsp3) is 0.333.